The van der Waals surface area contributed by atoms with Gasteiger partial charge in [-0.25, -0.2) is 4.79 Å². The Bertz CT molecular complexity index is 2060. The zero-order valence-electron chi connectivity index (χ0n) is 29.5. The van der Waals surface area contributed by atoms with Crippen LogP contribution in [0.15, 0.2) is 109 Å². The van der Waals surface area contributed by atoms with Gasteiger partial charge in [-0.3, -0.25) is 14.5 Å². The number of nitrogens with zero attached hydrogens (tertiary/aromatic N) is 2. The third-order valence-electron chi connectivity index (χ3n) is 9.33. The molecule has 0 bridgehead atoms. The first-order valence-corrected chi connectivity index (χ1v) is 17.3. The lowest BCUT2D eigenvalue weighted by atomic mass is 9.99. The van der Waals surface area contributed by atoms with Gasteiger partial charge >= 0.3 is 6.03 Å². The van der Waals surface area contributed by atoms with Crippen molar-refractivity contribution in [1.82, 2.24) is 9.80 Å². The maximum atomic E-state index is 13.9. The fourth-order valence-electron chi connectivity index (χ4n) is 6.39. The predicted molar refractivity (Wildman–Crippen MR) is 206 cm³/mol. The number of fused-ring (bicyclic) bond motifs is 2. The van der Waals surface area contributed by atoms with Crippen LogP contribution in [0.25, 0.3) is 10.8 Å². The maximum Gasteiger partial charge on any atom is 0.323 e. The van der Waals surface area contributed by atoms with Gasteiger partial charge in [-0.1, -0.05) is 67.6 Å². The van der Waals surface area contributed by atoms with Gasteiger partial charge in [0.25, 0.3) is 11.8 Å². The Morgan fingerprint density at radius 3 is 2.40 bits per heavy atom. The zero-order valence-corrected chi connectivity index (χ0v) is 29.5. The largest absolute Gasteiger partial charge is 0.488 e. The SMILES string of the molecule is C[C@H]1CN([C@@H](C)CO)C(=O)c2cc(NC(=O)Nc3cccc4ccccc34)ccc2O[C@@H]1CN(C)Cc1ccc(C(=O)Nc2ccccc2N)cc1. The molecule has 1 aliphatic rings. The summed E-state index contributed by atoms with van der Waals surface area (Å²) in [6.07, 6.45) is -0.305. The first-order chi connectivity index (χ1) is 25.1. The molecule has 268 valence electrons. The first-order valence-electron chi connectivity index (χ1n) is 17.3. The number of likely N-dealkylation sites (N-methyl/N-ethyl adjacent to an activating group) is 1. The van der Waals surface area contributed by atoms with Crippen LogP contribution in [0.3, 0.4) is 0 Å². The summed E-state index contributed by atoms with van der Waals surface area (Å²) in [5, 5.41) is 20.6. The van der Waals surface area contributed by atoms with Gasteiger partial charge < -0.3 is 36.4 Å². The van der Waals surface area contributed by atoms with Crippen molar-refractivity contribution in [2.75, 3.05) is 48.4 Å². The Morgan fingerprint density at radius 2 is 1.63 bits per heavy atom. The Morgan fingerprint density at radius 1 is 0.923 bits per heavy atom. The normalized spacial score (nSPS) is 16.3. The summed E-state index contributed by atoms with van der Waals surface area (Å²) in [6, 6.07) is 32.2. The van der Waals surface area contributed by atoms with E-state index in [1.54, 1.807) is 47.4 Å². The minimum atomic E-state index is -0.446. The molecule has 52 heavy (non-hydrogen) atoms. The number of carbonyl (C=O) groups is 3. The summed E-state index contributed by atoms with van der Waals surface area (Å²) in [5.74, 6) is -0.200. The number of amides is 4. The summed E-state index contributed by atoms with van der Waals surface area (Å²) in [4.78, 5) is 43.7. The van der Waals surface area contributed by atoms with E-state index in [4.69, 9.17) is 10.5 Å². The van der Waals surface area contributed by atoms with Crippen molar-refractivity contribution >= 4 is 51.4 Å². The van der Waals surface area contributed by atoms with E-state index in [1.165, 1.54) is 0 Å². The van der Waals surface area contributed by atoms with Crippen LogP contribution in [-0.4, -0.2) is 71.6 Å². The van der Waals surface area contributed by atoms with Crippen molar-refractivity contribution in [3.05, 3.63) is 126 Å². The Balaban J connectivity index is 1.15. The summed E-state index contributed by atoms with van der Waals surface area (Å²) < 4.78 is 6.57. The second-order valence-electron chi connectivity index (χ2n) is 13.4. The van der Waals surface area contributed by atoms with Crippen LogP contribution in [0.1, 0.15) is 40.1 Å². The third kappa shape index (κ3) is 8.34. The fourth-order valence-corrected chi connectivity index (χ4v) is 6.39. The average molecular weight is 701 g/mol. The molecule has 6 N–H and O–H groups in total. The number of nitrogen functional groups attached to an aromatic ring is 1. The Labute approximate surface area is 303 Å². The number of nitrogens with one attached hydrogen (secondary N) is 3. The molecule has 0 fully saturated rings. The van der Waals surface area contributed by atoms with Gasteiger partial charge in [0.1, 0.15) is 11.9 Å². The zero-order chi connectivity index (χ0) is 36.8. The van der Waals surface area contributed by atoms with Crippen LogP contribution in [0.4, 0.5) is 27.5 Å². The lowest BCUT2D eigenvalue weighted by molar-refractivity contribution is 0.0341. The summed E-state index contributed by atoms with van der Waals surface area (Å²) >= 11 is 0. The highest BCUT2D eigenvalue weighted by Crippen LogP contribution is 2.31. The summed E-state index contributed by atoms with van der Waals surface area (Å²) in [7, 11) is 2.00. The molecule has 0 saturated heterocycles. The van der Waals surface area contributed by atoms with Gasteiger partial charge in [-0.2, -0.15) is 0 Å². The molecule has 0 aromatic heterocycles. The maximum absolute atomic E-state index is 13.9. The highest BCUT2D eigenvalue weighted by molar-refractivity contribution is 6.07. The molecule has 1 aliphatic heterocycles. The number of anilines is 4. The first kappa shape index (κ1) is 35.9. The number of urea groups is 1. The molecule has 5 aromatic carbocycles. The van der Waals surface area contributed by atoms with Crippen molar-refractivity contribution in [3.8, 4) is 5.75 Å². The van der Waals surface area contributed by atoms with E-state index in [0.717, 1.165) is 16.3 Å². The third-order valence-corrected chi connectivity index (χ3v) is 9.33. The number of carbonyl (C=O) groups excluding carboxylic acids is 3. The molecule has 4 amide bonds. The van der Waals surface area contributed by atoms with Crippen LogP contribution in [0.2, 0.25) is 0 Å². The van der Waals surface area contributed by atoms with E-state index in [-0.39, 0.29) is 30.4 Å². The highest BCUT2D eigenvalue weighted by Gasteiger charge is 2.33. The van der Waals surface area contributed by atoms with E-state index in [9.17, 15) is 19.5 Å². The van der Waals surface area contributed by atoms with Crippen LogP contribution >= 0.6 is 0 Å². The molecule has 11 nitrogen and oxygen atoms in total. The van der Waals surface area contributed by atoms with Crippen LogP contribution in [-0.2, 0) is 6.54 Å². The topological polar surface area (TPSA) is 149 Å². The Kier molecular flexibility index (Phi) is 11.0. The number of aliphatic hydroxyl groups excluding tert-OH is 1. The molecule has 0 unspecified atom stereocenters. The van der Waals surface area contributed by atoms with E-state index < -0.39 is 12.1 Å². The number of ether oxygens (including phenoxy) is 1. The van der Waals surface area contributed by atoms with Crippen LogP contribution in [0.5, 0.6) is 5.75 Å². The number of benzene rings is 5. The molecule has 5 aromatic rings. The van der Waals surface area contributed by atoms with Gasteiger partial charge in [0.15, 0.2) is 0 Å². The number of hydrogen-bond donors (Lipinski definition) is 5. The number of para-hydroxylation sites is 2. The van der Waals surface area contributed by atoms with E-state index in [2.05, 4.69) is 20.9 Å². The second-order valence-corrected chi connectivity index (χ2v) is 13.4. The lowest BCUT2D eigenvalue weighted by Crippen LogP contribution is -2.49. The minimum Gasteiger partial charge on any atom is -0.488 e. The van der Waals surface area contributed by atoms with Crippen LogP contribution in [0, 0.1) is 5.92 Å². The average Bonchev–Trinajstić information content (AvgIpc) is 3.14. The van der Waals surface area contributed by atoms with Crippen LogP contribution < -0.4 is 26.4 Å². The predicted octanol–water partition coefficient (Wildman–Crippen LogP) is 6.67. The molecule has 6 rings (SSSR count). The van der Waals surface area contributed by atoms with Gasteiger partial charge in [-0.05, 0) is 73.5 Å². The Hall–Kier alpha value is -5.91. The van der Waals surface area contributed by atoms with Crippen molar-refractivity contribution in [1.29, 1.82) is 0 Å². The molecule has 11 heteroatoms. The van der Waals surface area contributed by atoms with E-state index in [1.807, 2.05) is 87.6 Å². The molecule has 0 saturated carbocycles. The smallest absolute Gasteiger partial charge is 0.323 e. The second kappa shape index (κ2) is 16.0. The van der Waals surface area contributed by atoms with Crippen molar-refractivity contribution < 1.29 is 24.2 Å². The molecule has 0 spiro atoms. The number of aliphatic hydroxyl groups is 1. The molecule has 0 aliphatic carbocycles. The standard InChI is InChI=1S/C41H44N6O5/c1-26-22-47(27(2)25-48)40(50)33-21-31(43-41(51)45-35-14-8-10-29-9-4-5-11-32(29)35)19-20-37(33)52-38(26)24-46(3)23-28-15-17-30(18-16-28)39(49)44-36-13-7-6-12-34(36)42/h4-21,26-27,38,48H,22-25,42H2,1-3H3,(H,44,49)(H2,43,45,51)/t26-,27-,38+/m0/s1. The number of hydrogen-bond acceptors (Lipinski definition) is 7. The number of rotatable bonds is 10. The minimum absolute atomic E-state index is 0.0747. The lowest BCUT2D eigenvalue weighted by Gasteiger charge is -2.38. The van der Waals surface area contributed by atoms with Crippen molar-refractivity contribution in [3.63, 3.8) is 0 Å². The van der Waals surface area contributed by atoms with Crippen molar-refractivity contribution in [2.45, 2.75) is 32.5 Å². The van der Waals surface area contributed by atoms with Gasteiger partial charge in [0.05, 0.1) is 35.3 Å². The van der Waals surface area contributed by atoms with Gasteiger partial charge in [0.2, 0.25) is 0 Å². The molecule has 3 atom stereocenters. The monoisotopic (exact) mass is 700 g/mol. The van der Waals surface area contributed by atoms with Gasteiger partial charge in [0, 0.05) is 42.2 Å². The molecule has 1 heterocycles. The summed E-state index contributed by atoms with van der Waals surface area (Å²) in [6.45, 7) is 5.15. The fraction of sp³-hybridized carbons (Fsp3) is 0.244. The van der Waals surface area contributed by atoms with Gasteiger partial charge in [-0.15, -0.1) is 0 Å². The molecule has 0 radical (unpaired) electrons. The quantitative estimate of drug-likeness (QED) is 0.102. The molecular formula is C41H44N6O5. The van der Waals surface area contributed by atoms with E-state index in [0.29, 0.717) is 59.3 Å². The van der Waals surface area contributed by atoms with E-state index >= 15 is 0 Å². The highest BCUT2D eigenvalue weighted by atomic mass is 16.5. The van der Waals surface area contributed by atoms with Crippen molar-refractivity contribution in [2.24, 2.45) is 5.92 Å². The molecular weight excluding hydrogens is 656 g/mol. The number of nitrogens with two attached hydrogens (primary N) is 1. The summed E-state index contributed by atoms with van der Waals surface area (Å²) in [5.41, 5.74) is 9.97.